The Hall–Kier alpha value is -0.123. The third-order valence-electron chi connectivity index (χ3n) is 5.38. The quantitative estimate of drug-likeness (QED) is 0.161. The van der Waals surface area contributed by atoms with Crippen LogP contribution in [0.5, 0.6) is 0 Å². The van der Waals surface area contributed by atoms with E-state index in [0.717, 1.165) is 6.04 Å². The lowest BCUT2D eigenvalue weighted by Crippen LogP contribution is -2.37. The van der Waals surface area contributed by atoms with E-state index in [1.54, 1.807) is 14.2 Å². The van der Waals surface area contributed by atoms with Crippen LogP contribution >= 0.6 is 0 Å². The zero-order valence-corrected chi connectivity index (χ0v) is 18.6. The van der Waals surface area contributed by atoms with Gasteiger partial charge >= 0.3 is 8.56 Å². The summed E-state index contributed by atoms with van der Waals surface area (Å²) in [5.74, 6) is 0. The van der Waals surface area contributed by atoms with Gasteiger partial charge in [0, 0.05) is 14.2 Å². The van der Waals surface area contributed by atoms with Crippen LogP contribution in [0.25, 0.3) is 0 Å². The van der Waals surface area contributed by atoms with E-state index in [1.165, 1.54) is 103 Å². The first kappa shape index (κ1) is 24.9. The second-order valence-corrected chi connectivity index (χ2v) is 10.8. The summed E-state index contributed by atoms with van der Waals surface area (Å²) in [6.45, 7) is 6.17. The van der Waals surface area contributed by atoms with E-state index in [9.17, 15) is 0 Å². The Labute approximate surface area is 160 Å². The van der Waals surface area contributed by atoms with Gasteiger partial charge in [0.1, 0.15) is 0 Å². The van der Waals surface area contributed by atoms with Gasteiger partial charge in [0.2, 0.25) is 0 Å². The van der Waals surface area contributed by atoms with Crippen LogP contribution in [-0.4, -0.2) is 22.8 Å². The summed E-state index contributed by atoms with van der Waals surface area (Å²) in [5.41, 5.74) is 1.91. The highest BCUT2D eigenvalue weighted by Crippen LogP contribution is 2.19. The molecule has 0 aliphatic heterocycles. The lowest BCUT2D eigenvalue weighted by Gasteiger charge is -2.23. The average molecular weight is 371 g/mol. The lowest BCUT2D eigenvalue weighted by atomic mass is 10.0. The summed E-state index contributed by atoms with van der Waals surface area (Å²) in [7, 11) is 1.45. The maximum Gasteiger partial charge on any atom is 0.363 e. The van der Waals surface area contributed by atoms with Crippen LogP contribution in [0.1, 0.15) is 110 Å². The van der Waals surface area contributed by atoms with E-state index in [4.69, 9.17) is 8.85 Å². The summed E-state index contributed by atoms with van der Waals surface area (Å²) in [5, 5.41) is 0. The van der Waals surface area contributed by atoms with Gasteiger partial charge in [-0.3, -0.25) is 0 Å². The van der Waals surface area contributed by atoms with Crippen molar-refractivity contribution in [1.29, 1.82) is 0 Å². The number of rotatable bonds is 20. The molecule has 0 aromatic rings. The van der Waals surface area contributed by atoms with Gasteiger partial charge in [0.15, 0.2) is 0 Å². The topological polar surface area (TPSA) is 18.5 Å². The highest BCUT2D eigenvalue weighted by Gasteiger charge is 2.30. The van der Waals surface area contributed by atoms with Crippen LogP contribution in [0.3, 0.4) is 0 Å². The van der Waals surface area contributed by atoms with Gasteiger partial charge < -0.3 is 8.85 Å². The van der Waals surface area contributed by atoms with Crippen LogP contribution in [0.15, 0.2) is 12.3 Å². The minimum absolute atomic E-state index is 1.04. The van der Waals surface area contributed by atoms with E-state index >= 15 is 0 Å². The van der Waals surface area contributed by atoms with Crippen molar-refractivity contribution in [3.05, 3.63) is 12.3 Å². The first-order chi connectivity index (χ1) is 12.2. The Morgan fingerprint density at radius 3 is 1.20 bits per heavy atom. The molecule has 150 valence electrons. The van der Waals surface area contributed by atoms with E-state index < -0.39 is 8.56 Å². The Morgan fingerprint density at radius 2 is 0.920 bits per heavy atom. The fraction of sp³-hybridized carbons (Fsp3) is 0.909. The van der Waals surface area contributed by atoms with Gasteiger partial charge in [0.25, 0.3) is 0 Å². The molecule has 0 amide bonds. The van der Waals surface area contributed by atoms with Gasteiger partial charge in [0.05, 0.1) is 0 Å². The summed E-state index contributed by atoms with van der Waals surface area (Å²) < 4.78 is 11.1. The van der Waals surface area contributed by atoms with Crippen molar-refractivity contribution in [3.8, 4) is 0 Å². The Morgan fingerprint density at radius 1 is 0.600 bits per heavy atom. The van der Waals surface area contributed by atoms with Crippen LogP contribution < -0.4 is 0 Å². The first-order valence-corrected chi connectivity index (χ1v) is 13.1. The second-order valence-electron chi connectivity index (χ2n) is 7.48. The molecule has 0 aromatic carbocycles. The summed E-state index contributed by atoms with van der Waals surface area (Å²) in [4.78, 5) is 0. The third kappa shape index (κ3) is 14.7. The first-order valence-electron chi connectivity index (χ1n) is 11.0. The monoisotopic (exact) mass is 370 g/mol. The van der Waals surface area contributed by atoms with Crippen LogP contribution in [-0.2, 0) is 8.85 Å². The van der Waals surface area contributed by atoms with Crippen LogP contribution in [0.4, 0.5) is 0 Å². The van der Waals surface area contributed by atoms with Crippen LogP contribution in [0.2, 0.25) is 6.04 Å². The molecule has 0 aliphatic carbocycles. The van der Waals surface area contributed by atoms with E-state index in [-0.39, 0.29) is 0 Å². The van der Waals surface area contributed by atoms with Gasteiger partial charge in [-0.1, -0.05) is 110 Å². The van der Waals surface area contributed by atoms with Gasteiger partial charge in [-0.25, -0.2) is 0 Å². The number of hydrogen-bond acceptors (Lipinski definition) is 2. The molecule has 0 unspecified atom stereocenters. The Balaban J connectivity index is 3.23. The fourth-order valence-electron chi connectivity index (χ4n) is 3.48. The molecule has 0 spiro atoms. The molecule has 0 saturated heterocycles. The smallest absolute Gasteiger partial charge is 0.363 e. The van der Waals surface area contributed by atoms with Crippen molar-refractivity contribution in [1.82, 2.24) is 0 Å². The largest absolute Gasteiger partial charge is 0.395 e. The molecule has 0 N–H and O–H groups in total. The highest BCUT2D eigenvalue weighted by atomic mass is 28.4. The molecule has 2 nitrogen and oxygen atoms in total. The van der Waals surface area contributed by atoms with Gasteiger partial charge in [-0.05, 0) is 11.7 Å². The average Bonchev–Trinajstić information content (AvgIpc) is 2.65. The van der Waals surface area contributed by atoms with Crippen molar-refractivity contribution in [2.24, 2.45) is 0 Å². The molecule has 0 heterocycles. The number of unbranched alkanes of at least 4 members (excludes halogenated alkanes) is 15. The Bertz CT molecular complexity index is 277. The zero-order chi connectivity index (χ0) is 18.6. The summed E-state index contributed by atoms with van der Waals surface area (Å²) >= 11 is 0. The SMILES string of the molecule is C=C[Si](CCCCCCCCCCCCCCCCCC)(OC)OC. The summed E-state index contributed by atoms with van der Waals surface area (Å²) in [6, 6.07) is 1.04. The van der Waals surface area contributed by atoms with Crippen molar-refractivity contribution in [2.75, 3.05) is 14.2 Å². The number of hydrogen-bond donors (Lipinski definition) is 0. The highest BCUT2D eigenvalue weighted by molar-refractivity contribution is 6.72. The second kappa shape index (κ2) is 18.7. The molecule has 3 heteroatoms. The maximum atomic E-state index is 5.56. The summed E-state index contributed by atoms with van der Waals surface area (Å²) in [6.07, 6.45) is 22.5. The van der Waals surface area contributed by atoms with E-state index in [2.05, 4.69) is 13.5 Å². The zero-order valence-electron chi connectivity index (χ0n) is 17.6. The van der Waals surface area contributed by atoms with Crippen molar-refractivity contribution >= 4 is 8.56 Å². The normalized spacial score (nSPS) is 11.8. The molecule has 0 atom stereocenters. The minimum Gasteiger partial charge on any atom is -0.395 e. The van der Waals surface area contributed by atoms with Crippen molar-refractivity contribution < 1.29 is 8.85 Å². The molecule has 0 saturated carbocycles. The van der Waals surface area contributed by atoms with Crippen molar-refractivity contribution in [3.63, 3.8) is 0 Å². The van der Waals surface area contributed by atoms with Crippen molar-refractivity contribution in [2.45, 2.75) is 116 Å². The molecule has 0 aromatic heterocycles. The van der Waals surface area contributed by atoms with E-state index in [1.807, 2.05) is 5.70 Å². The maximum absolute atomic E-state index is 5.56. The van der Waals surface area contributed by atoms with Gasteiger partial charge in [-0.15, -0.1) is 6.58 Å². The standard InChI is InChI=1S/C22H46O2Si/c1-5-7-8-9-10-11-12-13-14-15-16-17-18-19-20-21-22-25(6-2,23-3)24-4/h6H,2,5,7-22H2,1,3-4H3. The molecule has 25 heavy (non-hydrogen) atoms. The molecule has 0 radical (unpaired) electrons. The van der Waals surface area contributed by atoms with E-state index in [0.29, 0.717) is 0 Å². The minimum atomic E-state index is -2.06. The molecular weight excluding hydrogens is 324 g/mol. The predicted molar refractivity (Wildman–Crippen MR) is 114 cm³/mol. The molecular formula is C22H46O2Si. The van der Waals surface area contributed by atoms with Gasteiger partial charge in [-0.2, -0.15) is 0 Å². The molecule has 0 rings (SSSR count). The Kier molecular flexibility index (Phi) is 18.6. The van der Waals surface area contributed by atoms with Crippen LogP contribution in [0, 0.1) is 0 Å². The predicted octanol–water partition coefficient (Wildman–Crippen LogP) is 7.71. The molecule has 0 bridgehead atoms. The fourth-order valence-corrected chi connectivity index (χ4v) is 5.33. The lowest BCUT2D eigenvalue weighted by molar-refractivity contribution is 0.254. The molecule has 0 fully saturated rings. The third-order valence-corrected chi connectivity index (χ3v) is 8.44. The molecule has 0 aliphatic rings.